The molecule has 0 aliphatic heterocycles. The molecule has 0 saturated heterocycles. The molecule has 0 bridgehead atoms. The Labute approximate surface area is 137 Å². The quantitative estimate of drug-likeness (QED) is 0.277. The molecule has 0 heterocycles. The Morgan fingerprint density at radius 3 is 1.06 bits per heavy atom. The molecule has 0 aliphatic carbocycles. The topological polar surface area (TPSA) is 112 Å². The van der Waals surface area contributed by atoms with E-state index in [1.165, 1.54) is 0 Å². The zero-order valence-electron chi connectivity index (χ0n) is 9.40. The summed E-state index contributed by atoms with van der Waals surface area (Å²) < 4.78 is 0. The number of aliphatic carboxylic acids is 3. The van der Waals surface area contributed by atoms with Gasteiger partial charge < -0.3 is 27.9 Å². The predicted molar refractivity (Wildman–Crippen MR) is 72.1 cm³/mol. The van der Waals surface area contributed by atoms with Crippen LogP contribution in [0.15, 0.2) is 0 Å². The van der Waals surface area contributed by atoms with Gasteiger partial charge in [0.1, 0.15) is 0 Å². The second-order valence-corrected chi connectivity index (χ2v) is 3.46. The van der Waals surface area contributed by atoms with Crippen LogP contribution in [0.2, 0.25) is 0 Å². The first-order valence-electron chi connectivity index (χ1n) is 4.26. The van der Waals surface area contributed by atoms with Crippen LogP contribution in [0.25, 0.3) is 0 Å². The summed E-state index contributed by atoms with van der Waals surface area (Å²) in [5.74, 6) is -1.85. The molecular weight excluding hydrogens is 336 g/mol. The molecule has 0 aromatic rings. The van der Waals surface area contributed by atoms with Gasteiger partial charge in [0.15, 0.2) is 0 Å². The Kier molecular flexibility index (Phi) is 33.1. The summed E-state index contributed by atoms with van der Waals surface area (Å²) >= 11 is 11.4. The molecule has 0 rings (SSSR count). The maximum Gasteiger partial charge on any atom is 0.304 e. The van der Waals surface area contributed by atoms with Crippen LogP contribution >= 0.6 is 25.3 Å². The Morgan fingerprint density at radius 1 is 0.833 bits per heavy atom. The van der Waals surface area contributed by atoms with Crippen LogP contribution in [-0.4, -0.2) is 50.5 Å². The largest absolute Gasteiger partial charge is 0.782 e. The Hall–Kier alpha value is 0.174. The molecule has 0 saturated carbocycles. The Bertz CT molecular complexity index is 211. The van der Waals surface area contributed by atoms with E-state index in [9.17, 15) is 14.4 Å². The van der Waals surface area contributed by atoms with Crippen LogP contribution in [0.5, 0.6) is 0 Å². The zero-order chi connectivity index (χ0) is 14.3. The summed E-state index contributed by atoms with van der Waals surface area (Å²) in [5, 5.41) is 23.3. The van der Waals surface area contributed by atoms with Crippen molar-refractivity contribution in [3.8, 4) is 0 Å². The van der Waals surface area contributed by atoms with Crippen LogP contribution < -0.4 is 0 Å². The van der Waals surface area contributed by atoms with Crippen molar-refractivity contribution in [3.05, 3.63) is 0 Å². The SMILES string of the molecule is O=C(O)CCS.O=C(O)CCS.O=C(O)C[S-].[Ti]. The van der Waals surface area contributed by atoms with Crippen molar-refractivity contribution < 1.29 is 51.4 Å². The molecule has 0 spiro atoms. The molecule has 0 unspecified atom stereocenters. The van der Waals surface area contributed by atoms with Crippen molar-refractivity contribution in [2.75, 3.05) is 17.3 Å². The number of carbonyl (C=O) groups is 3. The minimum Gasteiger partial charge on any atom is -0.782 e. The van der Waals surface area contributed by atoms with Crippen molar-refractivity contribution in [2.45, 2.75) is 12.8 Å². The molecule has 6 nitrogen and oxygen atoms in total. The van der Waals surface area contributed by atoms with Crippen LogP contribution in [0.1, 0.15) is 12.8 Å². The van der Waals surface area contributed by atoms with Crippen LogP contribution in [-0.2, 0) is 48.7 Å². The van der Waals surface area contributed by atoms with Crippen molar-refractivity contribution in [1.29, 1.82) is 0 Å². The van der Waals surface area contributed by atoms with E-state index in [0.29, 0.717) is 11.5 Å². The summed E-state index contributed by atoms with van der Waals surface area (Å²) in [6.07, 6.45) is 0.312. The monoisotopic (exact) mass is 351 g/mol. The molecule has 0 amide bonds. The maximum atomic E-state index is 9.55. The molecule has 0 atom stereocenters. The Balaban J connectivity index is -0.0000000799. The second-order valence-electron chi connectivity index (χ2n) is 2.27. The van der Waals surface area contributed by atoms with E-state index in [4.69, 9.17) is 15.3 Å². The van der Waals surface area contributed by atoms with E-state index in [0.717, 1.165) is 0 Å². The molecule has 18 heavy (non-hydrogen) atoms. The first-order valence-corrected chi connectivity index (χ1v) is 6.11. The molecule has 0 aromatic heterocycles. The summed E-state index contributed by atoms with van der Waals surface area (Å²) in [6, 6.07) is 0. The average Bonchev–Trinajstić information content (AvgIpc) is 2.19. The van der Waals surface area contributed by atoms with Gasteiger partial charge in [0, 0.05) is 33.2 Å². The number of hydrogen-bond donors (Lipinski definition) is 5. The maximum absolute atomic E-state index is 9.55. The number of thiol groups is 2. The number of carboxylic acids is 3. The first kappa shape index (κ1) is 26.7. The van der Waals surface area contributed by atoms with Gasteiger partial charge in [-0.15, -0.1) is 0 Å². The van der Waals surface area contributed by atoms with Gasteiger partial charge in [-0.3, -0.25) is 14.4 Å². The van der Waals surface area contributed by atoms with E-state index in [2.05, 4.69) is 37.9 Å². The van der Waals surface area contributed by atoms with Crippen LogP contribution in [0.3, 0.4) is 0 Å². The van der Waals surface area contributed by atoms with Gasteiger partial charge in [0.05, 0.1) is 12.8 Å². The standard InChI is InChI=1S/2C3H6O2S.C2H4O2S.Ti/c2*4-3(5)1-2-6;3-2(4)1-5;/h2*6H,1-2H2,(H,4,5);5H,1H2,(H,3,4);/p-1. The van der Waals surface area contributed by atoms with Gasteiger partial charge in [-0.1, -0.05) is 5.75 Å². The van der Waals surface area contributed by atoms with Crippen molar-refractivity contribution >= 4 is 55.8 Å². The zero-order valence-corrected chi connectivity index (χ0v) is 13.6. The fraction of sp³-hybridized carbons (Fsp3) is 0.625. The smallest absolute Gasteiger partial charge is 0.304 e. The molecular formula is C8H15O6S3Ti-. The molecule has 0 fully saturated rings. The predicted octanol–water partition coefficient (Wildman–Crippen LogP) is 0.397. The third-order valence-corrected chi connectivity index (χ3v) is 1.47. The second kappa shape index (κ2) is 22.4. The molecule has 3 N–H and O–H groups in total. The van der Waals surface area contributed by atoms with Crippen LogP contribution in [0, 0.1) is 0 Å². The Morgan fingerprint density at radius 2 is 1.06 bits per heavy atom. The van der Waals surface area contributed by atoms with Crippen LogP contribution in [0.4, 0.5) is 0 Å². The molecule has 106 valence electrons. The van der Waals surface area contributed by atoms with Gasteiger partial charge >= 0.3 is 11.9 Å². The number of hydrogen-bond acceptors (Lipinski definition) is 6. The van der Waals surface area contributed by atoms with E-state index < -0.39 is 17.9 Å². The summed E-state index contributed by atoms with van der Waals surface area (Å²) in [7, 11) is 0. The summed E-state index contributed by atoms with van der Waals surface area (Å²) in [4.78, 5) is 28.4. The van der Waals surface area contributed by atoms with E-state index in [-0.39, 0.29) is 40.3 Å². The minimum absolute atomic E-state index is 0. The molecule has 0 aliphatic rings. The van der Waals surface area contributed by atoms with Gasteiger partial charge in [0.25, 0.3) is 5.97 Å². The molecule has 10 heteroatoms. The summed E-state index contributed by atoms with van der Waals surface area (Å²) in [6.45, 7) is 0. The van der Waals surface area contributed by atoms with E-state index in [1.807, 2.05) is 0 Å². The summed E-state index contributed by atoms with van der Waals surface area (Å²) in [5.41, 5.74) is 0. The van der Waals surface area contributed by atoms with Gasteiger partial charge in [0.2, 0.25) is 0 Å². The number of carboxylic acid groups (broad SMARTS) is 3. The van der Waals surface area contributed by atoms with E-state index in [1.54, 1.807) is 0 Å². The average molecular weight is 351 g/mol. The van der Waals surface area contributed by atoms with E-state index >= 15 is 0 Å². The fourth-order valence-corrected chi connectivity index (χ4v) is 0.574. The van der Waals surface area contributed by atoms with Gasteiger partial charge in [-0.2, -0.15) is 25.3 Å². The molecule has 0 radical (unpaired) electrons. The normalized spacial score (nSPS) is 7.50. The molecule has 0 aromatic carbocycles. The minimum atomic E-state index is -0.931. The van der Waals surface area contributed by atoms with Crippen molar-refractivity contribution in [2.24, 2.45) is 0 Å². The van der Waals surface area contributed by atoms with Crippen molar-refractivity contribution in [3.63, 3.8) is 0 Å². The first-order chi connectivity index (χ1) is 7.81. The fourth-order valence-electron chi connectivity index (χ4n) is 0.191. The third-order valence-electron chi connectivity index (χ3n) is 0.775. The van der Waals surface area contributed by atoms with Gasteiger partial charge in [-0.05, 0) is 0 Å². The third kappa shape index (κ3) is 55.7. The number of rotatable bonds is 5. The van der Waals surface area contributed by atoms with Gasteiger partial charge in [-0.25, -0.2) is 0 Å². The van der Waals surface area contributed by atoms with Crippen molar-refractivity contribution in [1.82, 2.24) is 0 Å².